The number of benzene rings is 1. The molecule has 1 amide bonds. The van der Waals surface area contributed by atoms with Crippen molar-refractivity contribution in [2.75, 3.05) is 11.9 Å². The number of ether oxygens (including phenoxy) is 1. The summed E-state index contributed by atoms with van der Waals surface area (Å²) in [5.74, 6) is 0.109. The number of aliphatic hydroxyl groups excluding tert-OH is 1. The lowest BCUT2D eigenvalue weighted by atomic mass is 10.2. The minimum absolute atomic E-state index is 0.0319. The molecule has 2 unspecified atom stereocenters. The molecular formula is C13H18N2O5S. The molecule has 1 heterocycles. The molecule has 0 radical (unpaired) electrons. The van der Waals surface area contributed by atoms with Crippen molar-refractivity contribution in [3.05, 3.63) is 18.2 Å². The highest BCUT2D eigenvalue weighted by atomic mass is 32.2. The van der Waals surface area contributed by atoms with Gasteiger partial charge in [0.15, 0.2) is 6.61 Å². The lowest BCUT2D eigenvalue weighted by Crippen LogP contribution is -2.34. The number of nitrogens with one attached hydrogen (secondary N) is 2. The summed E-state index contributed by atoms with van der Waals surface area (Å²) < 4.78 is 32.1. The van der Waals surface area contributed by atoms with Gasteiger partial charge in [-0.05, 0) is 38.5 Å². The molecule has 0 saturated heterocycles. The van der Waals surface area contributed by atoms with Crippen LogP contribution in [-0.2, 0) is 14.8 Å². The highest BCUT2D eigenvalue weighted by molar-refractivity contribution is 7.89. The first-order valence-corrected chi connectivity index (χ1v) is 8.03. The van der Waals surface area contributed by atoms with E-state index in [1.165, 1.54) is 18.2 Å². The molecule has 0 aromatic heterocycles. The number of fused-ring (bicyclic) bond motifs is 1. The van der Waals surface area contributed by atoms with Crippen LogP contribution >= 0.6 is 0 Å². The molecule has 2 rings (SSSR count). The van der Waals surface area contributed by atoms with E-state index >= 15 is 0 Å². The van der Waals surface area contributed by atoms with Crippen LogP contribution in [0.5, 0.6) is 5.75 Å². The fourth-order valence-electron chi connectivity index (χ4n) is 2.12. The maximum Gasteiger partial charge on any atom is 0.262 e. The summed E-state index contributed by atoms with van der Waals surface area (Å²) in [5.41, 5.74) is 0.331. The van der Waals surface area contributed by atoms with Gasteiger partial charge in [-0.15, -0.1) is 0 Å². The van der Waals surface area contributed by atoms with Gasteiger partial charge < -0.3 is 15.2 Å². The van der Waals surface area contributed by atoms with E-state index < -0.39 is 22.2 Å². The van der Waals surface area contributed by atoms with E-state index in [9.17, 15) is 18.3 Å². The minimum atomic E-state index is -3.72. The van der Waals surface area contributed by atoms with Crippen molar-refractivity contribution >= 4 is 21.6 Å². The number of carbonyl (C=O) groups is 1. The summed E-state index contributed by atoms with van der Waals surface area (Å²) in [6.45, 7) is 3.19. The van der Waals surface area contributed by atoms with Crippen LogP contribution in [0.25, 0.3) is 0 Å². The van der Waals surface area contributed by atoms with Crippen molar-refractivity contribution in [1.82, 2.24) is 4.72 Å². The van der Waals surface area contributed by atoms with E-state index in [2.05, 4.69) is 10.0 Å². The third-order valence-electron chi connectivity index (χ3n) is 2.95. The molecule has 21 heavy (non-hydrogen) atoms. The Bertz CT molecular complexity index is 642. The third-order valence-corrected chi connectivity index (χ3v) is 4.53. The Morgan fingerprint density at radius 2 is 2.14 bits per heavy atom. The number of amides is 1. The highest BCUT2D eigenvalue weighted by Gasteiger charge is 2.22. The maximum absolute atomic E-state index is 12.2. The van der Waals surface area contributed by atoms with Crippen molar-refractivity contribution in [2.45, 2.75) is 37.3 Å². The van der Waals surface area contributed by atoms with Crippen LogP contribution in [0, 0.1) is 0 Å². The zero-order valence-corrected chi connectivity index (χ0v) is 12.6. The average molecular weight is 314 g/mol. The van der Waals surface area contributed by atoms with Crippen LogP contribution in [0.2, 0.25) is 0 Å². The number of hydrogen-bond acceptors (Lipinski definition) is 5. The maximum atomic E-state index is 12.2. The van der Waals surface area contributed by atoms with Gasteiger partial charge >= 0.3 is 0 Å². The number of carbonyl (C=O) groups excluding carboxylic acids is 1. The molecule has 1 aliphatic rings. The highest BCUT2D eigenvalue weighted by Crippen LogP contribution is 2.30. The Morgan fingerprint density at radius 1 is 1.43 bits per heavy atom. The third kappa shape index (κ3) is 3.93. The van der Waals surface area contributed by atoms with Gasteiger partial charge in [0.1, 0.15) is 5.75 Å². The second kappa shape index (κ2) is 6.00. The molecular weight excluding hydrogens is 296 g/mol. The normalized spacial score (nSPS) is 17.4. The molecule has 0 saturated carbocycles. The Labute approximate surface area is 123 Å². The zero-order chi connectivity index (χ0) is 15.6. The van der Waals surface area contributed by atoms with E-state index in [1.807, 2.05) is 0 Å². The average Bonchev–Trinajstić information content (AvgIpc) is 2.35. The monoisotopic (exact) mass is 314 g/mol. The van der Waals surface area contributed by atoms with E-state index in [0.29, 0.717) is 17.9 Å². The molecule has 0 aliphatic carbocycles. The summed E-state index contributed by atoms with van der Waals surface area (Å²) in [4.78, 5) is 11.3. The van der Waals surface area contributed by atoms with Gasteiger partial charge in [0.2, 0.25) is 10.0 Å². The smallest absolute Gasteiger partial charge is 0.262 e. The largest absolute Gasteiger partial charge is 0.482 e. The molecule has 116 valence electrons. The number of hydrogen-bond donors (Lipinski definition) is 3. The van der Waals surface area contributed by atoms with Gasteiger partial charge in [0.05, 0.1) is 16.7 Å². The molecule has 8 heteroatoms. The summed E-state index contributed by atoms with van der Waals surface area (Å²) in [6, 6.07) is 3.86. The van der Waals surface area contributed by atoms with Crippen LogP contribution in [-0.4, -0.2) is 38.2 Å². The summed E-state index contributed by atoms with van der Waals surface area (Å²) >= 11 is 0. The number of anilines is 1. The van der Waals surface area contributed by atoms with E-state index in [-0.39, 0.29) is 17.4 Å². The van der Waals surface area contributed by atoms with Crippen LogP contribution < -0.4 is 14.8 Å². The minimum Gasteiger partial charge on any atom is -0.482 e. The summed E-state index contributed by atoms with van der Waals surface area (Å²) in [7, 11) is -3.72. The lowest BCUT2D eigenvalue weighted by molar-refractivity contribution is -0.118. The second-order valence-electron chi connectivity index (χ2n) is 5.10. The SMILES string of the molecule is CC(O)CC(C)NS(=O)(=O)c1ccc2c(c1)NC(=O)CO2. The molecule has 0 bridgehead atoms. The molecule has 0 fully saturated rings. The van der Waals surface area contributed by atoms with Crippen LogP contribution in [0.1, 0.15) is 20.3 Å². The van der Waals surface area contributed by atoms with Gasteiger partial charge in [-0.3, -0.25) is 4.79 Å². The van der Waals surface area contributed by atoms with Crippen molar-refractivity contribution in [2.24, 2.45) is 0 Å². The van der Waals surface area contributed by atoms with Crippen LogP contribution in [0.4, 0.5) is 5.69 Å². The molecule has 1 aliphatic heterocycles. The number of aliphatic hydroxyl groups is 1. The first-order valence-electron chi connectivity index (χ1n) is 6.55. The topological polar surface area (TPSA) is 105 Å². The predicted molar refractivity (Wildman–Crippen MR) is 76.6 cm³/mol. The van der Waals surface area contributed by atoms with Crippen molar-refractivity contribution < 1.29 is 23.1 Å². The second-order valence-corrected chi connectivity index (χ2v) is 6.82. The van der Waals surface area contributed by atoms with Gasteiger partial charge in [0.25, 0.3) is 5.91 Å². The van der Waals surface area contributed by atoms with E-state index in [4.69, 9.17) is 4.74 Å². The molecule has 0 spiro atoms. The molecule has 1 aromatic carbocycles. The fraction of sp³-hybridized carbons (Fsp3) is 0.462. The summed E-state index contributed by atoms with van der Waals surface area (Å²) in [6.07, 6.45) is -0.289. The molecule has 1 aromatic rings. The van der Waals surface area contributed by atoms with Gasteiger partial charge in [-0.25, -0.2) is 13.1 Å². The van der Waals surface area contributed by atoms with Gasteiger partial charge in [-0.2, -0.15) is 0 Å². The fourth-order valence-corrected chi connectivity index (χ4v) is 3.40. The zero-order valence-electron chi connectivity index (χ0n) is 11.8. The van der Waals surface area contributed by atoms with Crippen molar-refractivity contribution in [1.29, 1.82) is 0 Å². The van der Waals surface area contributed by atoms with Gasteiger partial charge in [-0.1, -0.05) is 0 Å². The van der Waals surface area contributed by atoms with Gasteiger partial charge in [0, 0.05) is 6.04 Å². The van der Waals surface area contributed by atoms with Crippen molar-refractivity contribution in [3.8, 4) is 5.75 Å². The quantitative estimate of drug-likeness (QED) is 0.732. The lowest BCUT2D eigenvalue weighted by Gasteiger charge is -2.20. The summed E-state index contributed by atoms with van der Waals surface area (Å²) in [5, 5.41) is 11.8. The first kappa shape index (κ1) is 15.7. The Balaban J connectivity index is 2.21. The first-order chi connectivity index (χ1) is 9.78. The molecule has 2 atom stereocenters. The van der Waals surface area contributed by atoms with E-state index in [1.54, 1.807) is 13.8 Å². The number of rotatable bonds is 5. The van der Waals surface area contributed by atoms with Crippen LogP contribution in [0.3, 0.4) is 0 Å². The molecule has 3 N–H and O–H groups in total. The number of sulfonamides is 1. The van der Waals surface area contributed by atoms with E-state index in [0.717, 1.165) is 0 Å². The Kier molecular flexibility index (Phi) is 4.50. The van der Waals surface area contributed by atoms with Crippen molar-refractivity contribution in [3.63, 3.8) is 0 Å². The van der Waals surface area contributed by atoms with Crippen LogP contribution in [0.15, 0.2) is 23.1 Å². The molecule has 7 nitrogen and oxygen atoms in total. The Hall–Kier alpha value is -1.64. The standard InChI is InChI=1S/C13H18N2O5S/c1-8(5-9(2)16)15-21(18,19)10-3-4-12-11(6-10)14-13(17)7-20-12/h3-4,6,8-9,15-16H,5,7H2,1-2H3,(H,14,17). The predicted octanol–water partition coefficient (Wildman–Crippen LogP) is 0.455. The Morgan fingerprint density at radius 3 is 2.81 bits per heavy atom.